The van der Waals surface area contributed by atoms with Crippen LogP contribution in [0.1, 0.15) is 0 Å². The number of benzene rings is 2. The van der Waals surface area contributed by atoms with Gasteiger partial charge in [-0.1, -0.05) is 30.3 Å². The predicted octanol–water partition coefficient (Wildman–Crippen LogP) is 2.55. The average molecular weight is 154 g/mol. The minimum Gasteiger partial charge on any atom is -0.508 e. The molecule has 2 aromatic carbocycles. The van der Waals surface area contributed by atoms with Crippen LogP contribution in [0.4, 0.5) is 0 Å². The van der Waals surface area contributed by atoms with E-state index >= 15 is 0 Å². The number of rotatable bonds is 0. The summed E-state index contributed by atoms with van der Waals surface area (Å²) in [5.41, 5.74) is 0. The molecule has 2 rings (SSSR count). The highest BCUT2D eigenvalue weighted by molar-refractivity contribution is 5.83. The lowest BCUT2D eigenvalue weighted by molar-refractivity contribution is 0.476. The third-order valence-electron chi connectivity index (χ3n) is 1.73. The average Bonchev–Trinajstić information content (AvgIpc) is 2.04. The lowest BCUT2D eigenvalue weighted by Crippen LogP contribution is -1.69. The molecule has 0 heterocycles. The van der Waals surface area contributed by atoms with Gasteiger partial charge in [-0.25, -0.2) is 0 Å². The van der Waals surface area contributed by atoms with Crippen LogP contribution in [0.3, 0.4) is 0 Å². The molecule has 0 aromatic heterocycles. The highest BCUT2D eigenvalue weighted by atomic mass is 16.3. The van der Waals surface area contributed by atoms with Gasteiger partial charge in [0, 0.05) is 0 Å². The van der Waals surface area contributed by atoms with Crippen molar-refractivity contribution < 1.29 is 5.11 Å². The van der Waals surface area contributed by atoms with Crippen molar-refractivity contribution in [3.8, 4) is 5.75 Å². The van der Waals surface area contributed by atoms with E-state index in [1.807, 2.05) is 30.3 Å². The van der Waals surface area contributed by atoms with E-state index in [9.17, 15) is 0 Å². The molecule has 0 aliphatic rings. The summed E-state index contributed by atoms with van der Waals surface area (Å²) in [5.74, 6) is 0.323. The molecule has 1 heteroatoms. The highest BCUT2D eigenvalue weighted by Crippen LogP contribution is 2.18. The summed E-state index contributed by atoms with van der Waals surface area (Å²) in [5, 5.41) is 11.4. The van der Waals surface area contributed by atoms with E-state index in [0.717, 1.165) is 10.8 Å². The van der Waals surface area contributed by atoms with Crippen LogP contribution in [-0.2, 0) is 0 Å². The van der Waals surface area contributed by atoms with Gasteiger partial charge in [-0.15, -0.1) is 0 Å². The van der Waals surface area contributed by atoms with Crippen molar-refractivity contribution in [2.45, 2.75) is 0 Å². The van der Waals surface area contributed by atoms with Crippen LogP contribution in [0.25, 0.3) is 10.8 Å². The van der Waals surface area contributed by atoms with Gasteiger partial charge in [0.1, 0.15) is 5.75 Å². The van der Waals surface area contributed by atoms with Crippen molar-refractivity contribution in [1.82, 2.24) is 0 Å². The minimum atomic E-state index is 0.323. The second-order valence-electron chi connectivity index (χ2n) is 2.53. The molecular weight excluding hydrogens is 146 g/mol. The van der Waals surface area contributed by atoms with E-state index in [1.54, 1.807) is 12.1 Å². The number of hydrogen-bond acceptors (Lipinski definition) is 1. The third-order valence-corrected chi connectivity index (χ3v) is 1.73. The zero-order chi connectivity index (χ0) is 7.68. The second-order valence-corrected chi connectivity index (χ2v) is 2.53. The molecular formula is C10H8O. The summed E-state index contributed by atoms with van der Waals surface area (Å²) in [6.07, 6.45) is 0. The normalized spacial score (nSPS) is 10.2. The molecule has 0 spiro atoms. The minimum absolute atomic E-state index is 0.323. The third kappa shape index (κ3) is 1.05. The Morgan fingerprint density at radius 1 is 0.818 bits per heavy atom. The number of phenols is 1. The standard InChI is InChI=1S/C10H8O/c11-10-6-5-8-3-1-2-4-9(8)7-10/h1-7,11H/i1+1,2+1,3+1,4+1,5+1,6+1,7+1,8+1,9+1,10+1. The topological polar surface area (TPSA) is 20.2 Å². The SMILES string of the molecule is O[13c]1[13cH][13cH][13c]2[13cH][13cH][13cH][13cH][13c]2[13cH]1. The first-order valence-corrected chi connectivity index (χ1v) is 3.54. The summed E-state index contributed by atoms with van der Waals surface area (Å²) in [6.45, 7) is 0. The van der Waals surface area contributed by atoms with E-state index in [-0.39, 0.29) is 0 Å². The maximum atomic E-state index is 9.13. The Hall–Kier alpha value is -1.50. The van der Waals surface area contributed by atoms with Crippen molar-refractivity contribution in [2.24, 2.45) is 0 Å². The number of phenolic OH excluding ortho intramolecular Hbond substituents is 1. The van der Waals surface area contributed by atoms with Gasteiger partial charge in [-0.2, -0.15) is 0 Å². The molecule has 11 heavy (non-hydrogen) atoms. The highest BCUT2D eigenvalue weighted by Gasteiger charge is 1.91. The van der Waals surface area contributed by atoms with Gasteiger partial charge >= 0.3 is 0 Å². The molecule has 0 amide bonds. The molecule has 1 N–H and O–H groups in total. The quantitative estimate of drug-likeness (QED) is 0.618. The lowest BCUT2D eigenvalue weighted by atomic mass is 11.1. The number of aromatic hydroxyl groups is 1. The molecule has 0 saturated carbocycles. The van der Waals surface area contributed by atoms with Gasteiger partial charge in [-0.05, 0) is 22.9 Å². The summed E-state index contributed by atoms with van der Waals surface area (Å²) in [6, 6.07) is 13.3. The Labute approximate surface area is 64.9 Å². The van der Waals surface area contributed by atoms with Gasteiger partial charge in [0.15, 0.2) is 0 Å². The van der Waals surface area contributed by atoms with Gasteiger partial charge in [0.2, 0.25) is 0 Å². The molecule has 0 unspecified atom stereocenters. The molecule has 0 atom stereocenters. The summed E-state index contributed by atoms with van der Waals surface area (Å²) >= 11 is 0. The van der Waals surface area contributed by atoms with Crippen molar-refractivity contribution in [3.63, 3.8) is 0 Å². The molecule has 0 fully saturated rings. The maximum absolute atomic E-state index is 9.13. The zero-order valence-electron chi connectivity index (χ0n) is 5.99. The molecule has 0 saturated heterocycles. The van der Waals surface area contributed by atoms with Crippen molar-refractivity contribution >= 4 is 10.8 Å². The number of fused-ring (bicyclic) bond motifs is 1. The van der Waals surface area contributed by atoms with E-state index < -0.39 is 0 Å². The molecule has 1 nitrogen and oxygen atoms in total. The Bertz CT molecular complexity index is 379. The molecule has 0 bridgehead atoms. The summed E-state index contributed by atoms with van der Waals surface area (Å²) in [4.78, 5) is 0. The summed E-state index contributed by atoms with van der Waals surface area (Å²) < 4.78 is 0. The molecule has 2 aromatic rings. The summed E-state index contributed by atoms with van der Waals surface area (Å²) in [7, 11) is 0. The van der Waals surface area contributed by atoms with Crippen molar-refractivity contribution in [1.29, 1.82) is 0 Å². The van der Waals surface area contributed by atoms with Gasteiger partial charge < -0.3 is 5.11 Å². The van der Waals surface area contributed by atoms with Gasteiger partial charge in [0.05, 0.1) is 0 Å². The largest absolute Gasteiger partial charge is 0.508 e. The molecule has 0 radical (unpaired) electrons. The van der Waals surface area contributed by atoms with Crippen LogP contribution < -0.4 is 0 Å². The Morgan fingerprint density at radius 3 is 2.36 bits per heavy atom. The molecule has 0 aliphatic carbocycles. The Balaban J connectivity index is 2.83. The smallest absolute Gasteiger partial charge is 0.116 e. The number of hydrogen-bond donors (Lipinski definition) is 1. The van der Waals surface area contributed by atoms with Crippen LogP contribution in [-0.4, -0.2) is 5.11 Å². The van der Waals surface area contributed by atoms with Gasteiger partial charge in [-0.3, -0.25) is 0 Å². The Kier molecular flexibility index (Phi) is 1.29. The van der Waals surface area contributed by atoms with Crippen LogP contribution in [0, 0.1) is 0 Å². The monoisotopic (exact) mass is 154 g/mol. The lowest BCUT2D eigenvalue weighted by Gasteiger charge is -1.96. The van der Waals surface area contributed by atoms with E-state index in [1.165, 1.54) is 0 Å². The Morgan fingerprint density at radius 2 is 1.55 bits per heavy atom. The first-order valence-electron chi connectivity index (χ1n) is 3.54. The fraction of sp³-hybridized carbons (Fsp3) is 0. The predicted molar refractivity (Wildman–Crippen MR) is 45.6 cm³/mol. The first-order chi connectivity index (χ1) is 5.36. The van der Waals surface area contributed by atoms with E-state index in [2.05, 4.69) is 0 Å². The van der Waals surface area contributed by atoms with Gasteiger partial charge in [0.25, 0.3) is 0 Å². The van der Waals surface area contributed by atoms with E-state index in [0.29, 0.717) is 5.75 Å². The zero-order valence-corrected chi connectivity index (χ0v) is 5.99. The maximum Gasteiger partial charge on any atom is 0.116 e. The molecule has 0 aliphatic heterocycles. The first kappa shape index (κ1) is 6.23. The van der Waals surface area contributed by atoms with Crippen LogP contribution >= 0.6 is 0 Å². The van der Waals surface area contributed by atoms with Crippen LogP contribution in [0.2, 0.25) is 0 Å². The molecule has 54 valence electrons. The van der Waals surface area contributed by atoms with Crippen molar-refractivity contribution in [2.75, 3.05) is 0 Å². The fourth-order valence-corrected chi connectivity index (χ4v) is 1.18. The van der Waals surface area contributed by atoms with Crippen LogP contribution in [0.15, 0.2) is 42.5 Å². The van der Waals surface area contributed by atoms with Crippen LogP contribution in [0.5, 0.6) is 5.75 Å². The van der Waals surface area contributed by atoms with E-state index in [4.69, 9.17) is 5.11 Å². The van der Waals surface area contributed by atoms with Crippen molar-refractivity contribution in [3.05, 3.63) is 42.5 Å². The fourth-order valence-electron chi connectivity index (χ4n) is 1.18. The second kappa shape index (κ2) is 2.27.